The van der Waals surface area contributed by atoms with Crippen LogP contribution in [-0.2, 0) is 9.53 Å². The first kappa shape index (κ1) is 17.8. The molecule has 1 heterocycles. The molecule has 0 saturated heterocycles. The lowest BCUT2D eigenvalue weighted by atomic mass is 10.1. The summed E-state index contributed by atoms with van der Waals surface area (Å²) >= 11 is 0. The second kappa shape index (κ2) is 6.71. The van der Waals surface area contributed by atoms with E-state index < -0.39 is 22.0 Å². The number of nitrogens with zero attached hydrogens (tertiary/aromatic N) is 4. The summed E-state index contributed by atoms with van der Waals surface area (Å²) in [7, 11) is 0. The normalized spacial score (nSPS) is 15.8. The Balaban J connectivity index is 2.07. The lowest BCUT2D eigenvalue weighted by Gasteiger charge is -2.19. The molecule has 1 aliphatic rings. The van der Waals surface area contributed by atoms with E-state index >= 15 is 0 Å². The lowest BCUT2D eigenvalue weighted by molar-refractivity contribution is -0.385. The number of carbonyl (C=O) groups excluding carboxylic acids is 1. The van der Waals surface area contributed by atoms with Crippen LogP contribution in [0.4, 0.5) is 11.4 Å². The summed E-state index contributed by atoms with van der Waals surface area (Å²) in [6, 6.07) is 8.87. The Morgan fingerprint density at radius 3 is 2.52 bits per heavy atom. The van der Waals surface area contributed by atoms with Gasteiger partial charge in [0, 0.05) is 25.1 Å². The number of nitro groups is 2. The minimum atomic E-state index is -1.31. The number of hydrazone groups is 1. The van der Waals surface area contributed by atoms with E-state index in [1.54, 1.807) is 0 Å². The maximum Gasteiger partial charge on any atom is 0.282 e. The number of para-hydroxylation sites is 1. The first-order valence-corrected chi connectivity index (χ1v) is 7.55. The SMILES string of the molecule is CC(=O)N1N=C(c2ccccc2[N+](=O)[O-])O[C@@H]1c1cc([N+](=O)[O-])ccc1O. The number of carbonyl (C=O) groups is 1. The van der Waals surface area contributed by atoms with Crippen LogP contribution in [0.5, 0.6) is 5.75 Å². The Kier molecular flexibility index (Phi) is 4.42. The second-order valence-electron chi connectivity index (χ2n) is 5.51. The minimum absolute atomic E-state index is 0.0289. The van der Waals surface area contributed by atoms with Crippen LogP contribution < -0.4 is 0 Å². The predicted octanol–water partition coefficient (Wildman–Crippen LogP) is 2.45. The molecule has 11 nitrogen and oxygen atoms in total. The van der Waals surface area contributed by atoms with Gasteiger partial charge < -0.3 is 9.84 Å². The number of amides is 1. The van der Waals surface area contributed by atoms with Gasteiger partial charge in [-0.05, 0) is 12.1 Å². The zero-order valence-electron chi connectivity index (χ0n) is 13.8. The maximum absolute atomic E-state index is 11.9. The molecule has 138 valence electrons. The predicted molar refractivity (Wildman–Crippen MR) is 90.7 cm³/mol. The van der Waals surface area contributed by atoms with Crippen molar-refractivity contribution in [3.05, 3.63) is 73.8 Å². The van der Waals surface area contributed by atoms with Crippen LogP contribution in [0.1, 0.15) is 24.3 Å². The van der Waals surface area contributed by atoms with Gasteiger partial charge >= 0.3 is 0 Å². The largest absolute Gasteiger partial charge is 0.507 e. The molecule has 0 spiro atoms. The summed E-state index contributed by atoms with van der Waals surface area (Å²) < 4.78 is 5.58. The number of phenolic OH excluding ortho intramolecular Hbond substituents is 1. The van der Waals surface area contributed by atoms with Crippen LogP contribution in [0.3, 0.4) is 0 Å². The van der Waals surface area contributed by atoms with Gasteiger partial charge in [-0.1, -0.05) is 12.1 Å². The van der Waals surface area contributed by atoms with E-state index in [1.807, 2.05) is 0 Å². The lowest BCUT2D eigenvalue weighted by Crippen LogP contribution is -2.25. The van der Waals surface area contributed by atoms with Crippen LogP contribution in [0.2, 0.25) is 0 Å². The van der Waals surface area contributed by atoms with Crippen LogP contribution in [-0.4, -0.2) is 31.8 Å². The van der Waals surface area contributed by atoms with Crippen LogP contribution in [0.25, 0.3) is 0 Å². The first-order valence-electron chi connectivity index (χ1n) is 7.55. The van der Waals surface area contributed by atoms with Gasteiger partial charge in [0.05, 0.1) is 15.4 Å². The number of ether oxygens (including phenoxy) is 1. The third kappa shape index (κ3) is 3.25. The van der Waals surface area contributed by atoms with Crippen molar-refractivity contribution in [2.24, 2.45) is 5.10 Å². The maximum atomic E-state index is 11.9. The number of aromatic hydroxyl groups is 1. The highest BCUT2D eigenvalue weighted by Crippen LogP contribution is 2.37. The van der Waals surface area contributed by atoms with Crippen molar-refractivity contribution >= 4 is 23.2 Å². The molecule has 11 heteroatoms. The molecule has 2 aromatic carbocycles. The fourth-order valence-electron chi connectivity index (χ4n) is 2.54. The van der Waals surface area contributed by atoms with E-state index in [4.69, 9.17) is 4.74 Å². The molecule has 0 bridgehead atoms. The average molecular weight is 372 g/mol. The smallest absolute Gasteiger partial charge is 0.282 e. The molecule has 0 saturated carbocycles. The van der Waals surface area contributed by atoms with E-state index in [0.29, 0.717) is 0 Å². The van der Waals surface area contributed by atoms with Gasteiger partial charge in [-0.3, -0.25) is 25.0 Å². The van der Waals surface area contributed by atoms with Crippen molar-refractivity contribution in [3.8, 4) is 5.75 Å². The Bertz CT molecular complexity index is 988. The standard InChI is InChI=1S/C16H12N4O7/c1-9(21)18-16(12-8-10(19(23)24)6-7-14(12)22)27-15(17-18)11-4-2-3-5-13(11)20(25)26/h2-8,16,22H,1H3/t16-/m1/s1. The molecule has 0 fully saturated rings. The number of phenols is 1. The topological polar surface area (TPSA) is 148 Å². The van der Waals surface area contributed by atoms with Crippen LogP contribution in [0.15, 0.2) is 47.6 Å². The van der Waals surface area contributed by atoms with Gasteiger partial charge in [-0.25, -0.2) is 0 Å². The third-order valence-corrected chi connectivity index (χ3v) is 3.79. The van der Waals surface area contributed by atoms with E-state index in [9.17, 15) is 30.1 Å². The van der Waals surface area contributed by atoms with E-state index in [1.165, 1.54) is 31.2 Å². The summed E-state index contributed by atoms with van der Waals surface area (Å²) in [6.45, 7) is 1.18. The molecule has 2 aromatic rings. The molecule has 1 atom stereocenters. The molecule has 1 aliphatic heterocycles. The van der Waals surface area contributed by atoms with Gasteiger partial charge in [0.2, 0.25) is 18.0 Å². The van der Waals surface area contributed by atoms with Crippen LogP contribution >= 0.6 is 0 Å². The quantitative estimate of drug-likeness (QED) is 0.640. The summed E-state index contributed by atoms with van der Waals surface area (Å²) in [5.41, 5.74) is -0.657. The summed E-state index contributed by atoms with van der Waals surface area (Å²) in [5.74, 6) is -1.15. The number of hydrogen-bond donors (Lipinski definition) is 1. The second-order valence-corrected chi connectivity index (χ2v) is 5.51. The Morgan fingerprint density at radius 2 is 1.89 bits per heavy atom. The summed E-state index contributed by atoms with van der Waals surface area (Å²) in [4.78, 5) is 32.9. The highest BCUT2D eigenvalue weighted by molar-refractivity contribution is 5.99. The van der Waals surface area contributed by atoms with Crippen molar-refractivity contribution < 1.29 is 24.5 Å². The van der Waals surface area contributed by atoms with Crippen molar-refractivity contribution in [1.29, 1.82) is 0 Å². The molecular formula is C16H12N4O7. The van der Waals surface area contributed by atoms with Crippen LogP contribution in [0, 0.1) is 20.2 Å². The monoisotopic (exact) mass is 372 g/mol. The zero-order valence-corrected chi connectivity index (χ0v) is 13.8. The fourth-order valence-corrected chi connectivity index (χ4v) is 2.54. The van der Waals surface area contributed by atoms with Gasteiger partial charge in [0.1, 0.15) is 11.3 Å². The highest BCUT2D eigenvalue weighted by Gasteiger charge is 2.37. The van der Waals surface area contributed by atoms with Gasteiger partial charge in [0.15, 0.2) is 0 Å². The number of nitro benzene ring substituents is 2. The Morgan fingerprint density at radius 1 is 1.19 bits per heavy atom. The molecule has 0 aromatic heterocycles. The molecule has 3 rings (SSSR count). The van der Waals surface area contributed by atoms with Crippen molar-refractivity contribution in [2.45, 2.75) is 13.2 Å². The van der Waals surface area contributed by atoms with Gasteiger partial charge in [-0.2, -0.15) is 5.01 Å². The first-order chi connectivity index (χ1) is 12.8. The zero-order chi connectivity index (χ0) is 19.7. The molecule has 1 amide bonds. The van der Waals surface area contributed by atoms with E-state index in [-0.39, 0.29) is 34.1 Å². The van der Waals surface area contributed by atoms with E-state index in [0.717, 1.165) is 23.2 Å². The Labute approximate surface area is 151 Å². The number of benzene rings is 2. The fraction of sp³-hybridized carbons (Fsp3) is 0.125. The van der Waals surface area contributed by atoms with E-state index in [2.05, 4.69) is 5.10 Å². The third-order valence-electron chi connectivity index (χ3n) is 3.79. The van der Waals surface area contributed by atoms with Gasteiger partial charge in [-0.15, -0.1) is 5.10 Å². The molecule has 0 unspecified atom stereocenters. The summed E-state index contributed by atoms with van der Waals surface area (Å²) in [5, 5.41) is 37.1. The molecule has 1 N–H and O–H groups in total. The minimum Gasteiger partial charge on any atom is -0.507 e. The number of rotatable bonds is 4. The van der Waals surface area contributed by atoms with Gasteiger partial charge in [0.25, 0.3) is 11.4 Å². The highest BCUT2D eigenvalue weighted by atomic mass is 16.6. The molecule has 27 heavy (non-hydrogen) atoms. The average Bonchev–Trinajstić information content (AvgIpc) is 3.07. The summed E-state index contributed by atoms with van der Waals surface area (Å²) in [6.07, 6.45) is -1.31. The molecule has 0 radical (unpaired) electrons. The molecule has 0 aliphatic carbocycles. The molecular weight excluding hydrogens is 360 g/mol. The van der Waals surface area contributed by atoms with Crippen molar-refractivity contribution in [3.63, 3.8) is 0 Å². The van der Waals surface area contributed by atoms with Crippen molar-refractivity contribution in [1.82, 2.24) is 5.01 Å². The number of hydrogen-bond acceptors (Lipinski definition) is 8. The Hall–Kier alpha value is -4.02. The van der Waals surface area contributed by atoms with Crippen molar-refractivity contribution in [2.75, 3.05) is 0 Å². The number of non-ortho nitro benzene ring substituents is 1.